The van der Waals surface area contributed by atoms with E-state index in [1.807, 2.05) is 25.1 Å². The minimum atomic E-state index is -0.395. The quantitative estimate of drug-likeness (QED) is 0.340. The van der Waals surface area contributed by atoms with Gasteiger partial charge in [-0.2, -0.15) is 5.21 Å². The molecule has 0 radical (unpaired) electrons. The smallest absolute Gasteiger partial charge is 0.357 e. The van der Waals surface area contributed by atoms with E-state index in [4.69, 9.17) is 9.72 Å². The lowest BCUT2D eigenvalue weighted by molar-refractivity contribution is 0.0519. The van der Waals surface area contributed by atoms with Crippen molar-refractivity contribution in [1.29, 1.82) is 0 Å². The number of rotatable bonds is 7. The van der Waals surface area contributed by atoms with Gasteiger partial charge in [0.2, 0.25) is 5.82 Å². The van der Waals surface area contributed by atoms with Gasteiger partial charge in [0.05, 0.1) is 6.61 Å². The molecular formula is C27H26N6O2. The number of aryl methyl sites for hydroxylation is 2. The van der Waals surface area contributed by atoms with Crippen LogP contribution in [0.4, 0.5) is 0 Å². The second-order valence-corrected chi connectivity index (χ2v) is 8.34. The third-order valence-corrected chi connectivity index (χ3v) is 6.12. The second-order valence-electron chi connectivity index (χ2n) is 8.34. The number of carbonyl (C=O) groups excluding carboxylic acids is 1. The lowest BCUT2D eigenvalue weighted by Crippen LogP contribution is -2.10. The summed E-state index contributed by atoms with van der Waals surface area (Å²) in [7, 11) is 0. The number of carbonyl (C=O) groups is 1. The van der Waals surface area contributed by atoms with Crippen LogP contribution in [0.25, 0.3) is 33.5 Å². The van der Waals surface area contributed by atoms with E-state index in [9.17, 15) is 4.79 Å². The first-order valence-electron chi connectivity index (χ1n) is 11.7. The van der Waals surface area contributed by atoms with Gasteiger partial charge in [0.15, 0.2) is 5.69 Å². The molecular weight excluding hydrogens is 440 g/mol. The van der Waals surface area contributed by atoms with Crippen molar-refractivity contribution in [3.63, 3.8) is 0 Å². The Morgan fingerprint density at radius 2 is 1.80 bits per heavy atom. The van der Waals surface area contributed by atoms with Crippen LogP contribution in [0.1, 0.15) is 41.2 Å². The Labute approximate surface area is 203 Å². The van der Waals surface area contributed by atoms with Gasteiger partial charge < -0.3 is 9.30 Å². The number of ether oxygens (including phenoxy) is 1. The summed E-state index contributed by atoms with van der Waals surface area (Å²) in [5.41, 5.74) is 7.49. The molecule has 0 unspecified atom stereocenters. The van der Waals surface area contributed by atoms with E-state index < -0.39 is 5.97 Å². The fourth-order valence-corrected chi connectivity index (χ4v) is 4.39. The van der Waals surface area contributed by atoms with E-state index in [0.29, 0.717) is 24.7 Å². The van der Waals surface area contributed by atoms with Crippen molar-refractivity contribution in [2.24, 2.45) is 0 Å². The van der Waals surface area contributed by atoms with Crippen LogP contribution in [-0.2, 0) is 17.7 Å². The third-order valence-electron chi connectivity index (χ3n) is 6.12. The van der Waals surface area contributed by atoms with Gasteiger partial charge in [-0.05, 0) is 59.9 Å². The fraction of sp³-hybridized carbons (Fsp3) is 0.222. The number of esters is 1. The highest BCUT2D eigenvalue weighted by Gasteiger charge is 2.17. The lowest BCUT2D eigenvalue weighted by atomic mass is 9.98. The summed E-state index contributed by atoms with van der Waals surface area (Å²) < 4.78 is 7.38. The standard InChI is InChI=1S/C27H26N6O2/c1-4-20-15-23-17(3)14-24(27(34)35-5-2)28-26(23)33(20)16-18-10-12-19(13-11-18)21-8-6-7-9-22(21)25-29-31-32-30-25/h6-15H,4-5,16H2,1-3H3,(H,29,30,31,32). The average molecular weight is 467 g/mol. The first kappa shape index (κ1) is 22.5. The van der Waals surface area contributed by atoms with Crippen molar-refractivity contribution in [1.82, 2.24) is 30.2 Å². The summed E-state index contributed by atoms with van der Waals surface area (Å²) >= 11 is 0. The molecule has 1 N–H and O–H groups in total. The van der Waals surface area contributed by atoms with Crippen LogP contribution >= 0.6 is 0 Å². The van der Waals surface area contributed by atoms with Crippen LogP contribution in [0.2, 0.25) is 0 Å². The SMILES string of the molecule is CCOC(=O)c1cc(C)c2cc(CC)n(Cc3ccc(-c4ccccc4-c4nn[nH]n4)cc3)c2n1. The Hall–Kier alpha value is -4.33. The van der Waals surface area contributed by atoms with Crippen molar-refractivity contribution in [2.75, 3.05) is 6.61 Å². The number of nitrogens with one attached hydrogen (secondary N) is 1. The van der Waals surface area contributed by atoms with E-state index in [1.165, 1.54) is 5.69 Å². The number of benzene rings is 2. The minimum Gasteiger partial charge on any atom is -0.461 e. The molecule has 0 aliphatic heterocycles. The zero-order chi connectivity index (χ0) is 24.4. The van der Waals surface area contributed by atoms with Crippen molar-refractivity contribution in [3.05, 3.63) is 83.2 Å². The highest BCUT2D eigenvalue weighted by Crippen LogP contribution is 2.30. The molecule has 0 saturated heterocycles. The Kier molecular flexibility index (Phi) is 6.10. The molecule has 0 aliphatic carbocycles. The molecule has 0 bridgehead atoms. The van der Waals surface area contributed by atoms with Gasteiger partial charge in [0.25, 0.3) is 0 Å². The Morgan fingerprint density at radius 3 is 2.49 bits per heavy atom. The van der Waals surface area contributed by atoms with Crippen LogP contribution < -0.4 is 0 Å². The fourth-order valence-electron chi connectivity index (χ4n) is 4.39. The van der Waals surface area contributed by atoms with Gasteiger partial charge in [-0.15, -0.1) is 10.2 Å². The Balaban J connectivity index is 1.50. The zero-order valence-corrected chi connectivity index (χ0v) is 19.9. The number of H-pyrrole nitrogens is 1. The summed E-state index contributed by atoms with van der Waals surface area (Å²) in [6, 6.07) is 20.4. The number of fused-ring (bicyclic) bond motifs is 1. The van der Waals surface area contributed by atoms with E-state index in [2.05, 4.69) is 68.5 Å². The molecule has 0 amide bonds. The average Bonchev–Trinajstić information content (AvgIpc) is 3.54. The van der Waals surface area contributed by atoms with Gasteiger partial charge >= 0.3 is 5.97 Å². The Morgan fingerprint density at radius 1 is 1.03 bits per heavy atom. The van der Waals surface area contributed by atoms with Gasteiger partial charge in [-0.1, -0.05) is 55.5 Å². The van der Waals surface area contributed by atoms with Crippen molar-refractivity contribution in [2.45, 2.75) is 33.7 Å². The largest absolute Gasteiger partial charge is 0.461 e. The summed E-state index contributed by atoms with van der Waals surface area (Å²) in [5.74, 6) is 0.169. The van der Waals surface area contributed by atoms with Crippen molar-refractivity contribution >= 4 is 17.0 Å². The van der Waals surface area contributed by atoms with Gasteiger partial charge in [-0.25, -0.2) is 9.78 Å². The maximum Gasteiger partial charge on any atom is 0.357 e. The molecule has 0 fully saturated rings. The topological polar surface area (TPSA) is 98.6 Å². The zero-order valence-electron chi connectivity index (χ0n) is 19.9. The van der Waals surface area contributed by atoms with E-state index in [0.717, 1.165) is 45.3 Å². The number of tetrazole rings is 1. The van der Waals surface area contributed by atoms with Crippen molar-refractivity contribution in [3.8, 4) is 22.5 Å². The van der Waals surface area contributed by atoms with Crippen LogP contribution in [-0.4, -0.2) is 42.8 Å². The number of pyridine rings is 1. The van der Waals surface area contributed by atoms with Crippen molar-refractivity contribution < 1.29 is 9.53 Å². The molecule has 5 aromatic rings. The van der Waals surface area contributed by atoms with Crippen LogP contribution in [0.3, 0.4) is 0 Å². The molecule has 0 atom stereocenters. The molecule has 5 rings (SSSR count). The maximum absolute atomic E-state index is 12.4. The first-order chi connectivity index (χ1) is 17.1. The molecule has 0 saturated carbocycles. The number of hydrogen-bond acceptors (Lipinski definition) is 6. The molecule has 0 spiro atoms. The molecule has 3 heterocycles. The van der Waals surface area contributed by atoms with Gasteiger partial charge in [-0.3, -0.25) is 0 Å². The normalized spacial score (nSPS) is 11.2. The van der Waals surface area contributed by atoms with E-state index in [-0.39, 0.29) is 0 Å². The summed E-state index contributed by atoms with van der Waals surface area (Å²) in [6.07, 6.45) is 0.862. The molecule has 2 aromatic carbocycles. The van der Waals surface area contributed by atoms with Crippen LogP contribution in [0, 0.1) is 6.92 Å². The Bertz CT molecular complexity index is 1490. The number of aromatic amines is 1. The highest BCUT2D eigenvalue weighted by molar-refractivity contribution is 5.92. The molecule has 3 aromatic heterocycles. The molecule has 8 nitrogen and oxygen atoms in total. The predicted octanol–water partition coefficient (Wildman–Crippen LogP) is 4.98. The maximum atomic E-state index is 12.4. The summed E-state index contributed by atoms with van der Waals surface area (Å²) in [5, 5.41) is 15.5. The predicted molar refractivity (Wildman–Crippen MR) is 134 cm³/mol. The second kappa shape index (κ2) is 9.50. The molecule has 8 heteroatoms. The molecule has 176 valence electrons. The summed E-state index contributed by atoms with van der Waals surface area (Å²) in [4.78, 5) is 17.1. The molecule has 35 heavy (non-hydrogen) atoms. The monoisotopic (exact) mass is 466 g/mol. The summed E-state index contributed by atoms with van der Waals surface area (Å²) in [6.45, 7) is 6.90. The number of aromatic nitrogens is 6. The van der Waals surface area contributed by atoms with E-state index in [1.54, 1.807) is 13.0 Å². The van der Waals surface area contributed by atoms with E-state index >= 15 is 0 Å². The molecule has 0 aliphatic rings. The highest BCUT2D eigenvalue weighted by atomic mass is 16.5. The van der Waals surface area contributed by atoms with Crippen LogP contribution in [0.5, 0.6) is 0 Å². The van der Waals surface area contributed by atoms with Gasteiger partial charge in [0.1, 0.15) is 5.65 Å². The minimum absolute atomic E-state index is 0.320. The van der Waals surface area contributed by atoms with Gasteiger partial charge in [0, 0.05) is 23.2 Å². The number of hydrogen-bond donors (Lipinski definition) is 1. The third kappa shape index (κ3) is 4.30. The lowest BCUT2D eigenvalue weighted by Gasteiger charge is -2.12. The number of nitrogens with zero attached hydrogens (tertiary/aromatic N) is 5. The van der Waals surface area contributed by atoms with Crippen LogP contribution in [0.15, 0.2) is 60.7 Å². The first-order valence-corrected chi connectivity index (χ1v) is 11.7.